The summed E-state index contributed by atoms with van der Waals surface area (Å²) >= 11 is 3.42. The maximum absolute atomic E-state index is 12.3. The number of hydrogen-bond donors (Lipinski definition) is 1. The Bertz CT molecular complexity index is 605. The molecule has 22 heavy (non-hydrogen) atoms. The summed E-state index contributed by atoms with van der Waals surface area (Å²) in [6.45, 7) is 7.23. The predicted molar refractivity (Wildman–Crippen MR) is 80.1 cm³/mol. The van der Waals surface area contributed by atoms with Crippen molar-refractivity contribution in [1.29, 1.82) is 0 Å². The first-order valence-electron chi connectivity index (χ1n) is 7.22. The highest BCUT2D eigenvalue weighted by atomic mass is 79.9. The van der Waals surface area contributed by atoms with Crippen LogP contribution in [0.3, 0.4) is 0 Å². The van der Waals surface area contributed by atoms with Gasteiger partial charge in [0.1, 0.15) is 11.5 Å². The Morgan fingerprint density at radius 1 is 1.41 bits per heavy atom. The molecule has 0 spiro atoms. The number of halogens is 1. The highest BCUT2D eigenvalue weighted by Crippen LogP contribution is 2.53. The van der Waals surface area contributed by atoms with Gasteiger partial charge in [-0.3, -0.25) is 0 Å². The van der Waals surface area contributed by atoms with Gasteiger partial charge in [-0.2, -0.15) is 0 Å². The molecule has 0 fully saturated rings. The highest BCUT2D eigenvalue weighted by molar-refractivity contribution is 9.12. The zero-order valence-corrected chi connectivity index (χ0v) is 14.7. The quantitative estimate of drug-likeness (QED) is 0.706. The molecule has 0 aromatic rings. The molecule has 0 saturated carbocycles. The number of amides is 1. The first-order valence-corrected chi connectivity index (χ1v) is 8.01. The number of nitrogens with zero attached hydrogens (tertiary/aromatic N) is 1. The Labute approximate surface area is 138 Å². The predicted octanol–water partition coefficient (Wildman–Crippen LogP) is 0.341. The molecule has 2 aliphatic rings. The van der Waals surface area contributed by atoms with Gasteiger partial charge in [-0.15, -0.1) is 0 Å². The van der Waals surface area contributed by atoms with Crippen LogP contribution in [0.2, 0.25) is 0 Å². The normalized spacial score (nSPS) is 31.4. The maximum atomic E-state index is 12.3. The van der Waals surface area contributed by atoms with Crippen LogP contribution < -0.4 is 15.5 Å². The van der Waals surface area contributed by atoms with E-state index in [4.69, 9.17) is 0 Å². The molecule has 1 N–H and O–H groups in total. The average Bonchev–Trinajstić information content (AvgIpc) is 2.71. The largest absolute Gasteiger partial charge is 0.544 e. The van der Waals surface area contributed by atoms with E-state index in [1.807, 2.05) is 6.08 Å². The van der Waals surface area contributed by atoms with Crippen molar-refractivity contribution in [1.82, 2.24) is 5.32 Å². The molecule has 0 aliphatic carbocycles. The van der Waals surface area contributed by atoms with Crippen molar-refractivity contribution in [3.05, 3.63) is 22.0 Å². The third-order valence-corrected chi connectivity index (χ3v) is 5.62. The fraction of sp³-hybridized carbons (Fsp3) is 0.600. The van der Waals surface area contributed by atoms with Crippen molar-refractivity contribution in [2.75, 3.05) is 6.54 Å². The molecule has 2 rings (SSSR count). The maximum Gasteiger partial charge on any atom is 0.265 e. The van der Waals surface area contributed by atoms with Gasteiger partial charge in [0.25, 0.3) is 6.09 Å². The van der Waals surface area contributed by atoms with Crippen molar-refractivity contribution in [2.45, 2.75) is 51.6 Å². The summed E-state index contributed by atoms with van der Waals surface area (Å²) in [4.78, 5) is 24.3. The fourth-order valence-electron chi connectivity index (χ4n) is 3.93. The van der Waals surface area contributed by atoms with E-state index in [0.717, 1.165) is 4.48 Å². The van der Waals surface area contributed by atoms with Gasteiger partial charge in [0.15, 0.2) is 5.54 Å². The van der Waals surface area contributed by atoms with E-state index in [0.29, 0.717) is 17.9 Å². The topological polar surface area (TPSA) is 92.3 Å². The van der Waals surface area contributed by atoms with E-state index in [2.05, 4.69) is 21.2 Å². The third-order valence-electron chi connectivity index (χ3n) is 4.82. The minimum Gasteiger partial charge on any atom is -0.544 e. The minimum absolute atomic E-state index is 0.0799. The molecule has 0 bridgehead atoms. The summed E-state index contributed by atoms with van der Waals surface area (Å²) in [6, 6.07) is 0. The van der Waals surface area contributed by atoms with E-state index >= 15 is 0 Å². The molecule has 122 valence electrons. The summed E-state index contributed by atoms with van der Waals surface area (Å²) in [5, 5.41) is 27.4. The first-order chi connectivity index (χ1) is 10.1. The minimum atomic E-state index is -1.61. The lowest BCUT2D eigenvalue weighted by molar-refractivity contribution is -0.923. The van der Waals surface area contributed by atoms with Gasteiger partial charge in [-0.05, 0) is 20.8 Å². The zero-order valence-electron chi connectivity index (χ0n) is 13.2. The van der Waals surface area contributed by atoms with Crippen LogP contribution in [0.4, 0.5) is 4.79 Å². The van der Waals surface area contributed by atoms with Crippen LogP contribution in [-0.2, 0) is 4.79 Å². The fourth-order valence-corrected chi connectivity index (χ4v) is 4.42. The van der Waals surface area contributed by atoms with Crippen LogP contribution >= 0.6 is 15.9 Å². The Balaban J connectivity index is 2.89. The van der Waals surface area contributed by atoms with Crippen LogP contribution in [0, 0.1) is 0 Å². The number of allylic oxidation sites excluding steroid dienone is 1. The van der Waals surface area contributed by atoms with E-state index in [-0.39, 0.29) is 12.8 Å². The van der Waals surface area contributed by atoms with E-state index < -0.39 is 27.6 Å². The van der Waals surface area contributed by atoms with Gasteiger partial charge in [-0.1, -0.05) is 28.9 Å². The van der Waals surface area contributed by atoms with Gasteiger partial charge in [0.05, 0.1) is 5.57 Å². The lowest BCUT2D eigenvalue weighted by Crippen LogP contribution is -2.79. The monoisotopic (exact) mass is 371 g/mol. The Kier molecular flexibility index (Phi) is 3.94. The van der Waals surface area contributed by atoms with Crippen LogP contribution in [0.25, 0.3) is 0 Å². The van der Waals surface area contributed by atoms with Crippen molar-refractivity contribution < 1.29 is 24.3 Å². The van der Waals surface area contributed by atoms with E-state index in [1.54, 1.807) is 27.7 Å². The molecule has 6 nitrogen and oxygen atoms in total. The Morgan fingerprint density at radius 3 is 2.41 bits per heavy atom. The van der Waals surface area contributed by atoms with Crippen LogP contribution in [-0.4, -0.2) is 34.2 Å². The third kappa shape index (κ3) is 1.81. The van der Waals surface area contributed by atoms with Crippen molar-refractivity contribution >= 4 is 28.0 Å². The second-order valence-electron chi connectivity index (χ2n) is 6.72. The lowest BCUT2D eigenvalue weighted by atomic mass is 9.84. The number of dihydropyridines is 1. The number of aliphatic carboxylic acids is 1. The first kappa shape index (κ1) is 17.0. The summed E-state index contributed by atoms with van der Waals surface area (Å²) < 4.78 is -0.0669. The molecule has 7 heteroatoms. The van der Waals surface area contributed by atoms with E-state index in [9.17, 15) is 19.8 Å². The Hall–Kier alpha value is -1.34. The number of carboxylic acids is 1. The molecule has 0 aromatic carbocycles. The number of hydrogen-bond acceptors (Lipinski definition) is 5. The average molecular weight is 372 g/mol. The Morgan fingerprint density at radius 2 is 2.00 bits per heavy atom. The molecule has 2 heterocycles. The number of carbonyl (C=O) groups is 2. The molecule has 1 amide bonds. The van der Waals surface area contributed by atoms with Crippen molar-refractivity contribution in [3.8, 4) is 0 Å². The molecule has 2 unspecified atom stereocenters. The lowest BCUT2D eigenvalue weighted by Gasteiger charge is -2.56. The zero-order chi connectivity index (χ0) is 16.9. The number of nitrogens with one attached hydrogen (secondary N) is 1. The summed E-state index contributed by atoms with van der Waals surface area (Å²) in [6.07, 6.45) is 0.622. The number of carboxylic acid groups (broad SMARTS) is 2. The van der Waals surface area contributed by atoms with Crippen molar-refractivity contribution in [3.63, 3.8) is 0 Å². The molecule has 2 atom stereocenters. The van der Waals surface area contributed by atoms with Gasteiger partial charge >= 0.3 is 0 Å². The number of rotatable bonds is 2. The number of carbonyl (C=O) groups excluding carboxylic acids is 2. The van der Waals surface area contributed by atoms with Crippen molar-refractivity contribution in [2.24, 2.45) is 0 Å². The second kappa shape index (κ2) is 5.09. The molecule has 0 saturated heterocycles. The summed E-state index contributed by atoms with van der Waals surface area (Å²) in [5.74, 6) is -0.987. The van der Waals surface area contributed by atoms with Gasteiger partial charge in [-0.25, -0.2) is 4.48 Å². The molecular weight excluding hydrogens is 352 g/mol. The van der Waals surface area contributed by atoms with Crippen LogP contribution in [0.15, 0.2) is 22.0 Å². The molecule has 0 aromatic heterocycles. The molecular formula is C15H20BrN2O4-. The van der Waals surface area contributed by atoms with Gasteiger partial charge in [0.2, 0.25) is 5.82 Å². The number of quaternary nitrogens is 1. The standard InChI is InChI=1S/C15H21BrN2O4/c1-5-15(12(19)20)8-9-10(16)6-7-17-11(9)18(15,13(21)22)14(2,3)4/h6,17H,5,7-8H2,1-4H3,(H-,19,20,21,22)/p-1. The molecule has 2 aliphatic heterocycles. The van der Waals surface area contributed by atoms with E-state index in [1.165, 1.54) is 0 Å². The second-order valence-corrected chi connectivity index (χ2v) is 7.57. The van der Waals surface area contributed by atoms with Gasteiger partial charge in [0, 0.05) is 23.9 Å². The molecule has 0 radical (unpaired) electrons. The highest BCUT2D eigenvalue weighted by Gasteiger charge is 2.67. The SMILES string of the molecule is CCC1(C(=O)[O-])CC2=C(NCC=C2Br)[N+]1(C(=O)[O-])C(C)(C)C. The summed E-state index contributed by atoms with van der Waals surface area (Å²) in [5.41, 5.74) is -1.87. The van der Waals surface area contributed by atoms with Gasteiger partial charge < -0.3 is 25.1 Å². The summed E-state index contributed by atoms with van der Waals surface area (Å²) in [7, 11) is 0. The van der Waals surface area contributed by atoms with Crippen LogP contribution in [0.5, 0.6) is 0 Å². The smallest absolute Gasteiger partial charge is 0.265 e. The van der Waals surface area contributed by atoms with Crippen LogP contribution in [0.1, 0.15) is 40.5 Å².